The highest BCUT2D eigenvalue weighted by Crippen LogP contribution is 2.17. The molecule has 0 atom stereocenters. The molecule has 0 aliphatic rings. The molecule has 0 bridgehead atoms. The number of hydrogen-bond donors (Lipinski definition) is 0. The Labute approximate surface area is 133 Å². The molecule has 0 aliphatic heterocycles. The van der Waals surface area contributed by atoms with Gasteiger partial charge in [0.25, 0.3) is 17.9 Å². The van der Waals surface area contributed by atoms with Crippen LogP contribution in [0.4, 0.5) is 0 Å². The summed E-state index contributed by atoms with van der Waals surface area (Å²) in [7, 11) is -3.74. The smallest absolute Gasteiger partial charge is 0.452 e. The summed E-state index contributed by atoms with van der Waals surface area (Å²) in [6.07, 6.45) is 0. The van der Waals surface area contributed by atoms with Gasteiger partial charge in [-0.05, 0) is 6.55 Å². The van der Waals surface area contributed by atoms with Crippen molar-refractivity contribution in [1.82, 2.24) is 0 Å². The van der Waals surface area contributed by atoms with E-state index in [1.165, 1.54) is 0 Å². The van der Waals surface area contributed by atoms with Gasteiger partial charge in [0.05, 0.1) is 0 Å². The molecule has 0 amide bonds. The molecule has 0 radical (unpaired) electrons. The standard InChI is InChI=1S/C8H12O6Si.CH3Cl3Si/c1-5-15(12-6(2)9,13-7(3)10)14-8(4)11;1-5(2,3)4/h5H,1H2,2-4H3;1H3. The van der Waals surface area contributed by atoms with Gasteiger partial charge in [-0.2, -0.15) is 0 Å². The van der Waals surface area contributed by atoms with E-state index in [-0.39, 0.29) is 0 Å². The van der Waals surface area contributed by atoms with Gasteiger partial charge in [-0.1, -0.05) is 6.58 Å². The van der Waals surface area contributed by atoms with Crippen molar-refractivity contribution in [3.05, 3.63) is 12.3 Å². The fourth-order valence-corrected chi connectivity index (χ4v) is 2.37. The van der Waals surface area contributed by atoms with Gasteiger partial charge in [0.1, 0.15) is 0 Å². The maximum Gasteiger partial charge on any atom is 0.734 e. The minimum atomic E-state index is -3.74. The van der Waals surface area contributed by atoms with Crippen LogP contribution in [0.5, 0.6) is 0 Å². The molecular weight excluding hydrogens is 367 g/mol. The van der Waals surface area contributed by atoms with Gasteiger partial charge in [-0.15, -0.1) is 33.2 Å². The van der Waals surface area contributed by atoms with E-state index in [2.05, 4.69) is 6.58 Å². The van der Waals surface area contributed by atoms with Crippen molar-refractivity contribution in [3.8, 4) is 0 Å². The first-order valence-corrected chi connectivity index (χ1v) is 12.4. The Balaban J connectivity index is 0. The second-order valence-electron chi connectivity index (χ2n) is 3.37. The predicted octanol–water partition coefficient (Wildman–Crippen LogP) is 2.61. The lowest BCUT2D eigenvalue weighted by Gasteiger charge is -2.22. The van der Waals surface area contributed by atoms with Gasteiger partial charge in [0.2, 0.25) is 0 Å². The molecule has 0 aromatic heterocycles. The number of hydrogen-bond acceptors (Lipinski definition) is 6. The molecule has 0 saturated heterocycles. The summed E-state index contributed by atoms with van der Waals surface area (Å²) in [5.41, 5.74) is 1.04. The Morgan fingerprint density at radius 3 is 1.20 bits per heavy atom. The fraction of sp³-hybridized carbons (Fsp3) is 0.444. The number of halogens is 3. The fourth-order valence-electron chi connectivity index (χ4n) is 0.789. The average molecular weight is 382 g/mol. The Kier molecular flexibility index (Phi) is 10.2. The highest BCUT2D eigenvalue weighted by molar-refractivity contribution is 7.64. The van der Waals surface area contributed by atoms with E-state index in [0.29, 0.717) is 0 Å². The van der Waals surface area contributed by atoms with Crippen molar-refractivity contribution < 1.29 is 27.7 Å². The minimum absolute atomic E-state index is 0.718. The summed E-state index contributed by atoms with van der Waals surface area (Å²) in [4.78, 5) is 32.3. The molecule has 0 fully saturated rings. The van der Waals surface area contributed by atoms with Crippen LogP contribution in [0.1, 0.15) is 20.8 Å². The molecular formula is C9H15Cl3O6Si2. The second kappa shape index (κ2) is 9.40. The lowest BCUT2D eigenvalue weighted by Crippen LogP contribution is -2.47. The van der Waals surface area contributed by atoms with Crippen LogP contribution < -0.4 is 0 Å². The second-order valence-corrected chi connectivity index (χ2v) is 15.7. The van der Waals surface area contributed by atoms with Gasteiger partial charge < -0.3 is 13.3 Å². The first-order chi connectivity index (χ1) is 8.81. The Hall–Kier alpha value is -0.546. The van der Waals surface area contributed by atoms with Crippen molar-refractivity contribution in [2.45, 2.75) is 27.3 Å². The Morgan fingerprint density at radius 1 is 0.900 bits per heavy atom. The van der Waals surface area contributed by atoms with Gasteiger partial charge in [0, 0.05) is 26.5 Å². The summed E-state index contributed by atoms with van der Waals surface area (Å²) < 4.78 is 14.1. The maximum atomic E-state index is 10.8. The van der Waals surface area contributed by atoms with Crippen LogP contribution in [-0.2, 0) is 27.7 Å². The van der Waals surface area contributed by atoms with Crippen LogP contribution in [0.15, 0.2) is 12.3 Å². The maximum absolute atomic E-state index is 10.8. The molecule has 0 aromatic rings. The van der Waals surface area contributed by atoms with Gasteiger partial charge >= 0.3 is 14.8 Å². The van der Waals surface area contributed by atoms with Crippen molar-refractivity contribution in [2.75, 3.05) is 0 Å². The zero-order valence-electron chi connectivity index (χ0n) is 11.4. The number of carbonyl (C=O) groups is 3. The van der Waals surface area contributed by atoms with Gasteiger partial charge in [-0.25, -0.2) is 0 Å². The SMILES string of the molecule is C=C[Si](OC(C)=O)(OC(C)=O)OC(C)=O.C[Si](Cl)(Cl)Cl. The van der Waals surface area contributed by atoms with E-state index >= 15 is 0 Å². The van der Waals surface area contributed by atoms with E-state index in [1.807, 2.05) is 0 Å². The van der Waals surface area contributed by atoms with E-state index in [4.69, 9.17) is 46.5 Å². The van der Waals surface area contributed by atoms with Crippen molar-refractivity contribution in [2.24, 2.45) is 0 Å². The first kappa shape index (κ1) is 21.7. The molecule has 6 nitrogen and oxygen atoms in total. The zero-order valence-corrected chi connectivity index (χ0v) is 15.6. The molecule has 20 heavy (non-hydrogen) atoms. The third kappa shape index (κ3) is 15.5. The van der Waals surface area contributed by atoms with Crippen LogP contribution in [0.25, 0.3) is 0 Å². The summed E-state index contributed by atoms with van der Waals surface area (Å²) in [6, 6.07) is -2.19. The molecule has 116 valence electrons. The van der Waals surface area contributed by atoms with Crippen molar-refractivity contribution in [3.63, 3.8) is 0 Å². The first-order valence-electron chi connectivity index (χ1n) is 5.10. The summed E-state index contributed by atoms with van der Waals surface area (Å²) >= 11 is 15.6. The average Bonchev–Trinajstić information content (AvgIpc) is 2.10. The molecule has 11 heteroatoms. The quantitative estimate of drug-likeness (QED) is 0.550. The third-order valence-corrected chi connectivity index (χ3v) is 3.32. The normalized spacial score (nSPS) is 10.6. The topological polar surface area (TPSA) is 78.9 Å². The third-order valence-electron chi connectivity index (χ3n) is 1.11. The van der Waals surface area contributed by atoms with E-state index < -0.39 is 32.7 Å². The van der Waals surface area contributed by atoms with E-state index in [9.17, 15) is 14.4 Å². The highest BCUT2D eigenvalue weighted by Gasteiger charge is 2.48. The molecule has 0 aromatic carbocycles. The zero-order chi connectivity index (χ0) is 16.6. The summed E-state index contributed by atoms with van der Waals surface area (Å²) in [5, 5.41) is 0. The number of carbonyl (C=O) groups excluding carboxylic acids is 3. The molecule has 0 N–H and O–H groups in total. The summed E-state index contributed by atoms with van der Waals surface area (Å²) in [5.74, 6) is -2.16. The number of rotatable bonds is 4. The molecule has 0 saturated carbocycles. The Bertz CT molecular complexity index is 336. The monoisotopic (exact) mass is 380 g/mol. The minimum Gasteiger partial charge on any atom is -0.452 e. The molecule has 0 rings (SSSR count). The largest absolute Gasteiger partial charge is 0.734 e. The van der Waals surface area contributed by atoms with Gasteiger partial charge in [0.15, 0.2) is 0 Å². The van der Waals surface area contributed by atoms with Crippen LogP contribution in [0, 0.1) is 0 Å². The molecule has 0 aliphatic carbocycles. The van der Waals surface area contributed by atoms with Gasteiger partial charge in [-0.3, -0.25) is 14.4 Å². The predicted molar refractivity (Wildman–Crippen MR) is 80.4 cm³/mol. The van der Waals surface area contributed by atoms with Crippen molar-refractivity contribution >= 4 is 66.0 Å². The highest BCUT2D eigenvalue weighted by atomic mass is 35.8. The lowest BCUT2D eigenvalue weighted by molar-refractivity contribution is -0.146. The van der Waals surface area contributed by atoms with Crippen LogP contribution in [-0.4, -0.2) is 32.7 Å². The van der Waals surface area contributed by atoms with Crippen LogP contribution in [0.2, 0.25) is 6.55 Å². The Morgan fingerprint density at radius 2 is 1.10 bits per heavy atom. The molecule has 0 heterocycles. The molecule has 0 unspecified atom stereocenters. The van der Waals surface area contributed by atoms with Crippen LogP contribution in [0.3, 0.4) is 0 Å². The van der Waals surface area contributed by atoms with E-state index in [1.54, 1.807) is 6.55 Å². The summed E-state index contributed by atoms with van der Waals surface area (Å²) in [6.45, 7) is 8.27. The molecule has 0 spiro atoms. The van der Waals surface area contributed by atoms with E-state index in [0.717, 1.165) is 26.5 Å². The van der Waals surface area contributed by atoms with Crippen LogP contribution >= 0.6 is 33.2 Å². The van der Waals surface area contributed by atoms with Crippen molar-refractivity contribution in [1.29, 1.82) is 0 Å². The lowest BCUT2D eigenvalue weighted by atomic mass is 10.9.